The normalized spacial score (nSPS) is 20.0. The fourth-order valence-electron chi connectivity index (χ4n) is 6.15. The number of pyridine rings is 1. The van der Waals surface area contributed by atoms with Gasteiger partial charge in [-0.05, 0) is 50.3 Å². The Morgan fingerprint density at radius 1 is 1.05 bits per heavy atom. The Morgan fingerprint density at radius 3 is 2.40 bits per heavy atom. The zero-order valence-corrected chi connectivity index (χ0v) is 23.2. The van der Waals surface area contributed by atoms with Gasteiger partial charge < -0.3 is 14.5 Å². The molecule has 2 aromatic heterocycles. The quantitative estimate of drug-likeness (QED) is 0.285. The molecule has 0 radical (unpaired) electrons. The van der Waals surface area contributed by atoms with Gasteiger partial charge in [0.2, 0.25) is 5.88 Å². The fraction of sp³-hybridized carbons (Fsp3) is 0.483. The summed E-state index contributed by atoms with van der Waals surface area (Å²) in [5.41, 5.74) is 0.0408. The van der Waals surface area contributed by atoms with Gasteiger partial charge in [-0.15, -0.1) is 0 Å². The first-order valence-corrected chi connectivity index (χ1v) is 14.0. The monoisotopic (exact) mass is 590 g/mol. The maximum atomic E-state index is 14.1. The van der Waals surface area contributed by atoms with Crippen LogP contribution in [0.15, 0.2) is 42.7 Å². The van der Waals surface area contributed by atoms with E-state index in [9.17, 15) is 26.7 Å². The van der Waals surface area contributed by atoms with E-state index >= 15 is 0 Å². The van der Waals surface area contributed by atoms with Crippen molar-refractivity contribution < 1.29 is 31.5 Å². The zero-order valence-electron chi connectivity index (χ0n) is 23.2. The lowest BCUT2D eigenvalue weighted by molar-refractivity contribution is -0.138. The number of fused-ring (bicyclic) bond motifs is 1. The number of piperidine rings is 1. The van der Waals surface area contributed by atoms with Crippen LogP contribution in [-0.4, -0.2) is 51.9 Å². The van der Waals surface area contributed by atoms with Crippen LogP contribution in [0.1, 0.15) is 73.4 Å². The van der Waals surface area contributed by atoms with Crippen LogP contribution in [0.3, 0.4) is 0 Å². The van der Waals surface area contributed by atoms with E-state index < -0.39 is 24.2 Å². The molecule has 0 spiro atoms. The Hall–Kier alpha value is -3.90. The molecule has 2 aliphatic heterocycles. The lowest BCUT2D eigenvalue weighted by Crippen LogP contribution is -2.55. The number of ether oxygens (including phenoxy) is 1. The highest BCUT2D eigenvalue weighted by atomic mass is 19.4. The highest BCUT2D eigenvalue weighted by molar-refractivity contribution is 5.94. The van der Waals surface area contributed by atoms with E-state index in [4.69, 9.17) is 4.74 Å². The average molecular weight is 591 g/mol. The number of hydrogen-bond donors (Lipinski definition) is 0. The Morgan fingerprint density at radius 2 is 1.76 bits per heavy atom. The summed E-state index contributed by atoms with van der Waals surface area (Å²) in [6, 6.07) is 5.71. The molecule has 1 saturated heterocycles. The summed E-state index contributed by atoms with van der Waals surface area (Å²) in [5, 5.41) is 4.67. The molecule has 4 heterocycles. The van der Waals surface area contributed by atoms with Gasteiger partial charge in [-0.1, -0.05) is 18.2 Å². The second-order valence-corrected chi connectivity index (χ2v) is 11.0. The molecular formula is C29H31F5N6O2. The summed E-state index contributed by atoms with van der Waals surface area (Å²) in [4.78, 5) is 23.1. The first-order chi connectivity index (χ1) is 20.1. The third-order valence-electron chi connectivity index (χ3n) is 8.41. The molecule has 8 nitrogen and oxygen atoms in total. The van der Waals surface area contributed by atoms with Crippen molar-refractivity contribution in [2.24, 2.45) is 0 Å². The molecule has 0 unspecified atom stereocenters. The number of carbonyl (C=O) groups excluding carboxylic acids is 1. The van der Waals surface area contributed by atoms with Crippen LogP contribution < -0.4 is 14.5 Å². The maximum Gasteiger partial charge on any atom is 0.416 e. The summed E-state index contributed by atoms with van der Waals surface area (Å²) < 4.78 is 76.4. The molecule has 6 rings (SSSR count). The van der Waals surface area contributed by atoms with Gasteiger partial charge >= 0.3 is 12.2 Å². The summed E-state index contributed by atoms with van der Waals surface area (Å²) in [5.74, 6) is 0.493. The van der Waals surface area contributed by atoms with Crippen molar-refractivity contribution >= 4 is 17.5 Å². The predicted molar refractivity (Wildman–Crippen MR) is 145 cm³/mol. The Labute approximate surface area is 239 Å². The number of anilines is 2. The van der Waals surface area contributed by atoms with E-state index in [1.54, 1.807) is 9.80 Å². The van der Waals surface area contributed by atoms with Gasteiger partial charge in [-0.3, -0.25) is 9.58 Å². The van der Waals surface area contributed by atoms with Crippen LogP contribution in [0.4, 0.5) is 38.3 Å². The molecule has 1 aliphatic carbocycles. The van der Waals surface area contributed by atoms with E-state index in [0.29, 0.717) is 31.7 Å². The number of halogens is 5. The Kier molecular flexibility index (Phi) is 7.22. The molecule has 13 heteroatoms. The predicted octanol–water partition coefficient (Wildman–Crippen LogP) is 6.75. The lowest BCUT2D eigenvalue weighted by atomic mass is 9.97. The standard InChI is InChI=1S/C29H31F5N6O2/c1-17-22-16-39(19-7-8-19)36-26(22)38(15-18-5-3-4-6-23(18)29(32,33)34)28(41)40(17)20-10-13-37(14-11-20)24-21(25(30)31)9-12-35-27(24)42-2/h3-6,9,12,16-17,19-20,25H,7-8,10-11,13-15H2,1-2H3/t17-/m0/s1. The summed E-state index contributed by atoms with van der Waals surface area (Å²) in [7, 11) is 1.38. The maximum absolute atomic E-state index is 14.1. The van der Waals surface area contributed by atoms with Gasteiger partial charge in [0.25, 0.3) is 6.43 Å². The third kappa shape index (κ3) is 5.02. The van der Waals surface area contributed by atoms with Gasteiger partial charge in [0.05, 0.1) is 31.3 Å². The number of amides is 2. The molecule has 224 valence electrons. The van der Waals surface area contributed by atoms with Crippen LogP contribution in [0, 0.1) is 0 Å². The molecule has 3 aliphatic rings. The zero-order chi connectivity index (χ0) is 29.8. The number of urea groups is 1. The molecule has 42 heavy (non-hydrogen) atoms. The highest BCUT2D eigenvalue weighted by Crippen LogP contribution is 2.44. The Bertz CT molecular complexity index is 1460. The first-order valence-electron chi connectivity index (χ1n) is 14.0. The molecule has 1 saturated carbocycles. The van der Waals surface area contributed by atoms with Crippen molar-refractivity contribution in [1.29, 1.82) is 0 Å². The van der Waals surface area contributed by atoms with Crippen LogP contribution in [0.25, 0.3) is 0 Å². The van der Waals surface area contributed by atoms with Gasteiger partial charge in [0.1, 0.15) is 5.69 Å². The summed E-state index contributed by atoms with van der Waals surface area (Å²) in [6.07, 6.45) is -1.24. The summed E-state index contributed by atoms with van der Waals surface area (Å²) in [6.45, 7) is 2.36. The first kappa shape index (κ1) is 28.2. The van der Waals surface area contributed by atoms with Crippen LogP contribution in [-0.2, 0) is 12.7 Å². The number of aromatic nitrogens is 3. The van der Waals surface area contributed by atoms with Crippen molar-refractivity contribution in [3.8, 4) is 5.88 Å². The second-order valence-electron chi connectivity index (χ2n) is 11.0. The lowest BCUT2D eigenvalue weighted by Gasteiger charge is -2.46. The van der Waals surface area contributed by atoms with Gasteiger partial charge in [-0.25, -0.2) is 18.6 Å². The number of benzene rings is 1. The molecular weight excluding hydrogens is 559 g/mol. The topological polar surface area (TPSA) is 66.7 Å². The second kappa shape index (κ2) is 10.7. The van der Waals surface area contributed by atoms with Crippen LogP contribution >= 0.6 is 0 Å². The smallest absolute Gasteiger partial charge is 0.416 e. The van der Waals surface area contributed by atoms with E-state index in [2.05, 4.69) is 10.1 Å². The average Bonchev–Trinajstić information content (AvgIpc) is 3.73. The molecule has 2 amide bonds. The van der Waals surface area contributed by atoms with E-state index in [1.807, 2.05) is 17.8 Å². The number of hydrogen-bond acceptors (Lipinski definition) is 5. The van der Waals surface area contributed by atoms with Crippen molar-refractivity contribution in [2.75, 3.05) is 30.0 Å². The largest absolute Gasteiger partial charge is 0.480 e. The van der Waals surface area contributed by atoms with Crippen LogP contribution in [0.5, 0.6) is 5.88 Å². The van der Waals surface area contributed by atoms with Gasteiger partial charge in [0, 0.05) is 42.7 Å². The Balaban J connectivity index is 1.30. The minimum atomic E-state index is -4.57. The molecule has 2 fully saturated rings. The van der Waals surface area contributed by atoms with Crippen molar-refractivity contribution in [3.05, 3.63) is 65.0 Å². The molecule has 1 aromatic carbocycles. The number of alkyl halides is 5. The fourth-order valence-corrected chi connectivity index (χ4v) is 6.15. The minimum absolute atomic E-state index is 0.0159. The van der Waals surface area contributed by atoms with Crippen LogP contribution in [0.2, 0.25) is 0 Å². The number of nitrogens with zero attached hydrogens (tertiary/aromatic N) is 6. The molecule has 3 aromatic rings. The SMILES string of the molecule is COc1nccc(C(F)F)c1N1CCC(N2C(=O)N(Cc3ccccc3C(F)(F)F)c3nn(C4CC4)cc3[C@@H]2C)CC1. The number of methoxy groups -OCH3 is 1. The number of carbonyl (C=O) groups is 1. The molecule has 0 N–H and O–H groups in total. The molecule has 1 atom stereocenters. The van der Waals surface area contributed by atoms with E-state index in [0.717, 1.165) is 24.5 Å². The van der Waals surface area contributed by atoms with Crippen molar-refractivity contribution in [1.82, 2.24) is 19.7 Å². The van der Waals surface area contributed by atoms with E-state index in [1.165, 1.54) is 42.5 Å². The summed E-state index contributed by atoms with van der Waals surface area (Å²) >= 11 is 0. The third-order valence-corrected chi connectivity index (χ3v) is 8.41. The number of rotatable bonds is 7. The van der Waals surface area contributed by atoms with Crippen molar-refractivity contribution in [2.45, 2.75) is 69.9 Å². The van der Waals surface area contributed by atoms with E-state index in [-0.39, 0.29) is 47.4 Å². The molecule has 0 bridgehead atoms. The highest BCUT2D eigenvalue weighted by Gasteiger charge is 2.44. The van der Waals surface area contributed by atoms with Gasteiger partial charge in [0.15, 0.2) is 5.82 Å². The van der Waals surface area contributed by atoms with Crippen molar-refractivity contribution in [3.63, 3.8) is 0 Å². The minimum Gasteiger partial charge on any atom is -0.480 e. The van der Waals surface area contributed by atoms with Gasteiger partial charge in [-0.2, -0.15) is 18.3 Å².